The molecular weight excluding hydrogens is 459 g/mol. The number of ether oxygens (including phenoxy) is 3. The van der Waals surface area contributed by atoms with Crippen molar-refractivity contribution >= 4 is 40.1 Å². The standard InChI is InChI=1S/C23H20Cl2O7/c1-29-19-10-17(25)21(31-6-5-30-13-7-12(8-13)23(27)28)9-15(19)20-11-18(26)14-3-2-4-16(24)22(14)32-20/h2-4,9-13H,5-8H2,1H3,(H,27,28). The van der Waals surface area contributed by atoms with E-state index in [1.807, 2.05) is 0 Å². The highest BCUT2D eigenvalue weighted by atomic mass is 35.5. The molecule has 1 aliphatic rings. The number of halogens is 2. The van der Waals surface area contributed by atoms with Crippen LogP contribution in [0, 0.1) is 5.92 Å². The molecule has 0 unspecified atom stereocenters. The molecule has 1 N–H and O–H groups in total. The van der Waals surface area contributed by atoms with Crippen molar-refractivity contribution in [3.05, 3.63) is 56.7 Å². The number of hydrogen-bond acceptors (Lipinski definition) is 6. The molecule has 1 aromatic heterocycles. The minimum absolute atomic E-state index is 0.0711. The van der Waals surface area contributed by atoms with Crippen LogP contribution in [0.25, 0.3) is 22.3 Å². The molecule has 1 aliphatic carbocycles. The van der Waals surface area contributed by atoms with E-state index in [1.54, 1.807) is 30.3 Å². The van der Waals surface area contributed by atoms with Crippen LogP contribution >= 0.6 is 23.2 Å². The molecule has 2 aromatic carbocycles. The minimum Gasteiger partial charge on any atom is -0.496 e. The molecule has 9 heteroatoms. The van der Waals surface area contributed by atoms with E-state index in [0.717, 1.165) is 0 Å². The molecule has 7 nitrogen and oxygen atoms in total. The van der Waals surface area contributed by atoms with Gasteiger partial charge in [-0.3, -0.25) is 9.59 Å². The zero-order valence-electron chi connectivity index (χ0n) is 17.1. The highest BCUT2D eigenvalue weighted by molar-refractivity contribution is 6.34. The van der Waals surface area contributed by atoms with Gasteiger partial charge in [-0.15, -0.1) is 0 Å². The maximum absolute atomic E-state index is 12.6. The Morgan fingerprint density at radius 3 is 2.62 bits per heavy atom. The first-order valence-electron chi connectivity index (χ1n) is 9.95. The van der Waals surface area contributed by atoms with E-state index in [0.29, 0.717) is 45.3 Å². The summed E-state index contributed by atoms with van der Waals surface area (Å²) in [6.45, 7) is 0.503. The van der Waals surface area contributed by atoms with Crippen LogP contribution in [0.2, 0.25) is 10.0 Å². The fourth-order valence-corrected chi connectivity index (χ4v) is 3.97. The molecule has 0 radical (unpaired) electrons. The Balaban J connectivity index is 1.53. The van der Waals surface area contributed by atoms with Crippen molar-refractivity contribution in [1.82, 2.24) is 0 Å². The SMILES string of the molecule is COc1cc(Cl)c(OCCOC2CC(C(=O)O)C2)cc1-c1cc(=O)c2cccc(Cl)c2o1. The summed E-state index contributed by atoms with van der Waals surface area (Å²) in [6.07, 6.45) is 0.941. The second-order valence-electron chi connectivity index (χ2n) is 7.42. The Bertz CT molecular complexity index is 1210. The van der Waals surface area contributed by atoms with Crippen LogP contribution in [0.5, 0.6) is 11.5 Å². The van der Waals surface area contributed by atoms with Gasteiger partial charge < -0.3 is 23.7 Å². The third-order valence-electron chi connectivity index (χ3n) is 5.36. The lowest BCUT2D eigenvalue weighted by molar-refractivity contribution is -0.151. The van der Waals surface area contributed by atoms with Gasteiger partial charge in [-0.1, -0.05) is 29.3 Å². The van der Waals surface area contributed by atoms with E-state index in [-0.39, 0.29) is 42.0 Å². The Morgan fingerprint density at radius 1 is 1.12 bits per heavy atom. The third kappa shape index (κ3) is 4.55. The van der Waals surface area contributed by atoms with Gasteiger partial charge in [0.2, 0.25) is 0 Å². The predicted octanol–water partition coefficient (Wildman–Crippen LogP) is 5.03. The van der Waals surface area contributed by atoms with Crippen molar-refractivity contribution in [2.24, 2.45) is 5.92 Å². The second-order valence-corrected chi connectivity index (χ2v) is 8.24. The molecule has 3 aromatic rings. The first kappa shape index (κ1) is 22.5. The highest BCUT2D eigenvalue weighted by Crippen LogP contribution is 2.39. The average Bonchev–Trinajstić information content (AvgIpc) is 2.73. The fraction of sp³-hybridized carbons (Fsp3) is 0.304. The number of hydrogen-bond donors (Lipinski definition) is 1. The molecule has 0 atom stereocenters. The largest absolute Gasteiger partial charge is 0.496 e. The molecule has 1 fully saturated rings. The fourth-order valence-electron chi connectivity index (χ4n) is 3.55. The van der Waals surface area contributed by atoms with E-state index in [2.05, 4.69) is 0 Å². The molecule has 168 valence electrons. The van der Waals surface area contributed by atoms with Gasteiger partial charge in [0.05, 0.1) is 46.7 Å². The molecule has 1 saturated carbocycles. The van der Waals surface area contributed by atoms with Crippen LogP contribution in [0.1, 0.15) is 12.8 Å². The van der Waals surface area contributed by atoms with Gasteiger partial charge in [0.25, 0.3) is 0 Å². The number of fused-ring (bicyclic) bond motifs is 1. The van der Waals surface area contributed by atoms with Crippen LogP contribution in [0.4, 0.5) is 0 Å². The molecule has 0 spiro atoms. The summed E-state index contributed by atoms with van der Waals surface area (Å²) in [5.74, 6) is -0.0865. The third-order valence-corrected chi connectivity index (χ3v) is 5.96. The average molecular weight is 479 g/mol. The van der Waals surface area contributed by atoms with E-state index in [4.69, 9.17) is 46.9 Å². The Morgan fingerprint density at radius 2 is 1.91 bits per heavy atom. The highest BCUT2D eigenvalue weighted by Gasteiger charge is 2.35. The minimum atomic E-state index is -0.791. The van der Waals surface area contributed by atoms with E-state index in [1.165, 1.54) is 13.2 Å². The number of carbonyl (C=O) groups is 1. The second kappa shape index (κ2) is 9.40. The molecule has 4 rings (SSSR count). The smallest absolute Gasteiger partial charge is 0.306 e. The zero-order valence-corrected chi connectivity index (χ0v) is 18.6. The lowest BCUT2D eigenvalue weighted by Crippen LogP contribution is -2.37. The van der Waals surface area contributed by atoms with Gasteiger partial charge in [-0.2, -0.15) is 0 Å². The van der Waals surface area contributed by atoms with Gasteiger partial charge in [0.15, 0.2) is 11.0 Å². The quantitative estimate of drug-likeness (QED) is 0.453. The number of benzene rings is 2. The summed E-state index contributed by atoms with van der Waals surface area (Å²) >= 11 is 12.5. The maximum Gasteiger partial charge on any atom is 0.306 e. The maximum atomic E-state index is 12.6. The molecule has 0 amide bonds. The predicted molar refractivity (Wildman–Crippen MR) is 120 cm³/mol. The molecule has 1 heterocycles. The Kier molecular flexibility index (Phi) is 6.60. The van der Waals surface area contributed by atoms with E-state index < -0.39 is 5.97 Å². The van der Waals surface area contributed by atoms with E-state index in [9.17, 15) is 9.59 Å². The van der Waals surface area contributed by atoms with Crippen LogP contribution in [0.3, 0.4) is 0 Å². The first-order valence-corrected chi connectivity index (χ1v) is 10.7. The molecular formula is C23H20Cl2O7. The van der Waals surface area contributed by atoms with Crippen molar-refractivity contribution < 1.29 is 28.5 Å². The van der Waals surface area contributed by atoms with Gasteiger partial charge in [0.1, 0.15) is 23.9 Å². The summed E-state index contributed by atoms with van der Waals surface area (Å²) in [5, 5.41) is 9.94. The number of methoxy groups -OCH3 is 1. The van der Waals surface area contributed by atoms with Crippen LogP contribution in [-0.2, 0) is 9.53 Å². The van der Waals surface area contributed by atoms with Crippen molar-refractivity contribution in [1.29, 1.82) is 0 Å². The van der Waals surface area contributed by atoms with Crippen molar-refractivity contribution in [2.45, 2.75) is 18.9 Å². The molecule has 0 bridgehead atoms. The van der Waals surface area contributed by atoms with Crippen molar-refractivity contribution in [3.8, 4) is 22.8 Å². The Labute approximate surface area is 193 Å². The summed E-state index contributed by atoms with van der Waals surface area (Å²) < 4.78 is 22.7. The van der Waals surface area contributed by atoms with Gasteiger partial charge >= 0.3 is 5.97 Å². The normalized spacial score (nSPS) is 17.7. The van der Waals surface area contributed by atoms with E-state index >= 15 is 0 Å². The number of carboxylic acid groups (broad SMARTS) is 1. The summed E-state index contributed by atoms with van der Waals surface area (Å²) in [6, 6.07) is 9.55. The summed E-state index contributed by atoms with van der Waals surface area (Å²) in [5.41, 5.74) is 0.525. The number of para-hydroxylation sites is 1. The van der Waals surface area contributed by atoms with Gasteiger partial charge in [-0.25, -0.2) is 0 Å². The van der Waals surface area contributed by atoms with Crippen LogP contribution < -0.4 is 14.9 Å². The summed E-state index contributed by atoms with van der Waals surface area (Å²) in [7, 11) is 1.48. The van der Waals surface area contributed by atoms with Gasteiger partial charge in [-0.05, 0) is 31.0 Å². The van der Waals surface area contributed by atoms with Crippen molar-refractivity contribution in [2.75, 3.05) is 20.3 Å². The number of rotatable bonds is 8. The summed E-state index contributed by atoms with van der Waals surface area (Å²) in [4.78, 5) is 23.4. The number of carboxylic acids is 1. The van der Waals surface area contributed by atoms with Crippen molar-refractivity contribution in [3.63, 3.8) is 0 Å². The van der Waals surface area contributed by atoms with Crippen LogP contribution in [-0.4, -0.2) is 37.5 Å². The topological polar surface area (TPSA) is 95.2 Å². The van der Waals surface area contributed by atoms with Gasteiger partial charge in [0, 0.05) is 12.1 Å². The number of aliphatic carboxylic acids is 1. The van der Waals surface area contributed by atoms with Crippen LogP contribution in [0.15, 0.2) is 45.6 Å². The lowest BCUT2D eigenvalue weighted by atomic mass is 9.82. The molecule has 0 saturated heterocycles. The molecule has 32 heavy (non-hydrogen) atoms. The Hall–Kier alpha value is -2.74. The first-order chi connectivity index (χ1) is 15.4. The lowest BCUT2D eigenvalue weighted by Gasteiger charge is -2.32. The molecule has 0 aliphatic heterocycles. The monoisotopic (exact) mass is 478 g/mol. The zero-order chi connectivity index (χ0) is 22.8.